The zero-order chi connectivity index (χ0) is 11.7. The fourth-order valence-corrected chi connectivity index (χ4v) is 2.71. The molecule has 3 nitrogen and oxygen atoms in total. The van der Waals surface area contributed by atoms with Crippen LogP contribution in [0.2, 0.25) is 0 Å². The number of nitrogens with zero attached hydrogens (tertiary/aromatic N) is 1. The van der Waals surface area contributed by atoms with Gasteiger partial charge in [0.2, 0.25) is 5.91 Å². The molecule has 0 bridgehead atoms. The lowest BCUT2D eigenvalue weighted by Crippen LogP contribution is -2.25. The van der Waals surface area contributed by atoms with Crippen LogP contribution >= 0.6 is 28.6 Å². The second-order valence-corrected chi connectivity index (χ2v) is 5.08. The summed E-state index contributed by atoms with van der Waals surface area (Å²) in [4.78, 5) is 13.4. The van der Waals surface area contributed by atoms with Gasteiger partial charge >= 0.3 is 0 Å². The van der Waals surface area contributed by atoms with Crippen LogP contribution in [0.3, 0.4) is 0 Å². The predicted molar refractivity (Wildman–Crippen MR) is 70.1 cm³/mol. The Morgan fingerprint density at radius 3 is 2.88 bits per heavy atom. The van der Waals surface area contributed by atoms with E-state index in [0.29, 0.717) is 24.4 Å². The summed E-state index contributed by atoms with van der Waals surface area (Å²) < 4.78 is 0.737. The van der Waals surface area contributed by atoms with Gasteiger partial charge in [0.25, 0.3) is 0 Å². The summed E-state index contributed by atoms with van der Waals surface area (Å²) in [5.74, 6) is 1.12. The summed E-state index contributed by atoms with van der Waals surface area (Å²) in [6.07, 6.45) is 0.504. The first-order valence-corrected chi connectivity index (χ1v) is 6.44. The standard InChI is InChI=1S/C11H12BrNO2S/c12-8-2-1-3-9(14)11(8)13-5-7(6-16)4-10(13)15/h1-3,7,14,16H,4-6H2. The molecule has 1 aliphatic heterocycles. The minimum absolute atomic E-state index is 0.0428. The third-order valence-electron chi connectivity index (χ3n) is 2.70. The Balaban J connectivity index is 2.35. The van der Waals surface area contributed by atoms with Crippen molar-refractivity contribution in [2.75, 3.05) is 17.2 Å². The van der Waals surface area contributed by atoms with Crippen molar-refractivity contribution in [1.29, 1.82) is 0 Å². The van der Waals surface area contributed by atoms with Crippen molar-refractivity contribution in [2.24, 2.45) is 5.92 Å². The fraction of sp³-hybridized carbons (Fsp3) is 0.364. The van der Waals surface area contributed by atoms with Crippen LogP contribution in [0, 0.1) is 5.92 Å². The van der Waals surface area contributed by atoms with Crippen molar-refractivity contribution >= 4 is 40.2 Å². The Morgan fingerprint density at radius 2 is 2.31 bits per heavy atom. The molecule has 0 spiro atoms. The van der Waals surface area contributed by atoms with Gasteiger partial charge in [0.15, 0.2) is 0 Å². The SMILES string of the molecule is O=C1CC(CS)CN1c1c(O)cccc1Br. The number of carbonyl (C=O) groups is 1. The Kier molecular flexibility index (Phi) is 3.44. The molecular weight excluding hydrogens is 290 g/mol. The van der Waals surface area contributed by atoms with Crippen molar-refractivity contribution in [2.45, 2.75) is 6.42 Å². The monoisotopic (exact) mass is 301 g/mol. The number of amides is 1. The van der Waals surface area contributed by atoms with Gasteiger partial charge in [0, 0.05) is 17.4 Å². The van der Waals surface area contributed by atoms with Gasteiger partial charge in [0.05, 0.1) is 0 Å². The van der Waals surface area contributed by atoms with Crippen molar-refractivity contribution in [3.05, 3.63) is 22.7 Å². The molecule has 1 N–H and O–H groups in total. The maximum absolute atomic E-state index is 11.8. The maximum Gasteiger partial charge on any atom is 0.227 e. The molecule has 1 amide bonds. The van der Waals surface area contributed by atoms with Gasteiger partial charge < -0.3 is 10.0 Å². The highest BCUT2D eigenvalue weighted by atomic mass is 79.9. The molecule has 1 aromatic carbocycles. The summed E-state index contributed by atoms with van der Waals surface area (Å²) >= 11 is 7.56. The smallest absolute Gasteiger partial charge is 0.227 e. The van der Waals surface area contributed by atoms with Crippen LogP contribution in [-0.2, 0) is 4.79 Å². The summed E-state index contributed by atoms with van der Waals surface area (Å²) in [6, 6.07) is 5.14. The number of carbonyl (C=O) groups excluding carboxylic acids is 1. The first kappa shape index (κ1) is 11.8. The summed E-state index contributed by atoms with van der Waals surface area (Å²) in [5.41, 5.74) is 0.566. The van der Waals surface area contributed by atoms with E-state index in [-0.39, 0.29) is 17.6 Å². The topological polar surface area (TPSA) is 40.5 Å². The van der Waals surface area contributed by atoms with Crippen LogP contribution in [0.5, 0.6) is 5.75 Å². The fourth-order valence-electron chi connectivity index (χ4n) is 1.89. The molecule has 0 aromatic heterocycles. The Hall–Kier alpha value is -0.680. The Morgan fingerprint density at radius 1 is 1.56 bits per heavy atom. The largest absolute Gasteiger partial charge is 0.506 e. The van der Waals surface area contributed by atoms with E-state index in [2.05, 4.69) is 28.6 Å². The van der Waals surface area contributed by atoms with Gasteiger partial charge in [-0.1, -0.05) is 6.07 Å². The number of hydrogen-bond donors (Lipinski definition) is 2. The molecule has 1 atom stereocenters. The minimum atomic E-state index is 0.0428. The number of thiol groups is 1. The molecule has 16 heavy (non-hydrogen) atoms. The minimum Gasteiger partial charge on any atom is -0.506 e. The van der Waals surface area contributed by atoms with Gasteiger partial charge in [0.1, 0.15) is 11.4 Å². The van der Waals surface area contributed by atoms with E-state index < -0.39 is 0 Å². The summed E-state index contributed by atoms with van der Waals surface area (Å²) in [5, 5.41) is 9.79. The molecule has 0 radical (unpaired) electrons. The van der Waals surface area contributed by atoms with E-state index in [9.17, 15) is 9.90 Å². The molecule has 1 aliphatic rings. The normalized spacial score (nSPS) is 20.5. The van der Waals surface area contributed by atoms with E-state index in [1.165, 1.54) is 0 Å². The molecule has 1 heterocycles. The molecule has 1 aromatic rings. The second-order valence-electron chi connectivity index (χ2n) is 3.86. The van der Waals surface area contributed by atoms with Crippen LogP contribution in [-0.4, -0.2) is 23.3 Å². The van der Waals surface area contributed by atoms with Gasteiger partial charge in [-0.2, -0.15) is 12.6 Å². The number of phenolic OH excluding ortho intramolecular Hbond substituents is 1. The lowest BCUT2D eigenvalue weighted by atomic mass is 10.1. The van der Waals surface area contributed by atoms with Crippen LogP contribution < -0.4 is 4.90 Å². The molecule has 86 valence electrons. The van der Waals surface area contributed by atoms with Gasteiger partial charge in [-0.3, -0.25) is 4.79 Å². The van der Waals surface area contributed by atoms with Crippen molar-refractivity contribution in [1.82, 2.24) is 0 Å². The highest BCUT2D eigenvalue weighted by Crippen LogP contribution is 2.38. The number of para-hydroxylation sites is 1. The van der Waals surface area contributed by atoms with Gasteiger partial charge in [-0.05, 0) is 39.7 Å². The van der Waals surface area contributed by atoms with Crippen molar-refractivity contribution in [3.63, 3.8) is 0 Å². The van der Waals surface area contributed by atoms with E-state index >= 15 is 0 Å². The van der Waals surface area contributed by atoms with Crippen LogP contribution in [0.4, 0.5) is 5.69 Å². The third kappa shape index (κ3) is 2.06. The number of hydrogen-bond acceptors (Lipinski definition) is 3. The molecule has 0 saturated carbocycles. The van der Waals surface area contributed by atoms with E-state index in [4.69, 9.17) is 0 Å². The Bertz CT molecular complexity index is 404. The molecule has 0 aliphatic carbocycles. The van der Waals surface area contributed by atoms with E-state index in [1.54, 1.807) is 17.0 Å². The van der Waals surface area contributed by atoms with Gasteiger partial charge in [-0.15, -0.1) is 0 Å². The van der Waals surface area contributed by atoms with Crippen molar-refractivity contribution in [3.8, 4) is 5.75 Å². The maximum atomic E-state index is 11.8. The predicted octanol–water partition coefficient (Wildman–Crippen LogP) is 2.44. The first-order chi connectivity index (χ1) is 7.63. The number of aromatic hydroxyl groups is 1. The molecule has 1 saturated heterocycles. The average Bonchev–Trinajstić information content (AvgIpc) is 2.60. The zero-order valence-electron chi connectivity index (χ0n) is 8.56. The van der Waals surface area contributed by atoms with Crippen LogP contribution in [0.1, 0.15) is 6.42 Å². The third-order valence-corrected chi connectivity index (χ3v) is 3.86. The number of anilines is 1. The summed E-state index contributed by atoms with van der Waals surface area (Å²) in [6.45, 7) is 0.624. The second kappa shape index (κ2) is 4.67. The van der Waals surface area contributed by atoms with Crippen LogP contribution in [0.25, 0.3) is 0 Å². The lowest BCUT2D eigenvalue weighted by molar-refractivity contribution is -0.117. The van der Waals surface area contributed by atoms with E-state index in [0.717, 1.165) is 4.47 Å². The number of halogens is 1. The van der Waals surface area contributed by atoms with Crippen molar-refractivity contribution < 1.29 is 9.90 Å². The molecule has 5 heteroatoms. The van der Waals surface area contributed by atoms with Crippen LogP contribution in [0.15, 0.2) is 22.7 Å². The lowest BCUT2D eigenvalue weighted by Gasteiger charge is -2.19. The number of benzene rings is 1. The van der Waals surface area contributed by atoms with Gasteiger partial charge in [-0.25, -0.2) is 0 Å². The highest BCUT2D eigenvalue weighted by Gasteiger charge is 2.32. The zero-order valence-corrected chi connectivity index (χ0v) is 11.0. The molecule has 1 unspecified atom stereocenters. The molecule has 2 rings (SSSR count). The number of rotatable bonds is 2. The highest BCUT2D eigenvalue weighted by molar-refractivity contribution is 9.10. The average molecular weight is 302 g/mol. The number of phenols is 1. The first-order valence-electron chi connectivity index (χ1n) is 5.02. The summed E-state index contributed by atoms with van der Waals surface area (Å²) in [7, 11) is 0. The molecular formula is C11H12BrNO2S. The van der Waals surface area contributed by atoms with E-state index in [1.807, 2.05) is 6.07 Å². The Labute approximate surface area is 108 Å². The molecule has 1 fully saturated rings. The quantitative estimate of drug-likeness (QED) is 0.824.